The minimum atomic E-state index is -0.0455. The van der Waals surface area contributed by atoms with E-state index in [0.717, 1.165) is 30.1 Å². The third-order valence-corrected chi connectivity index (χ3v) is 6.15. The van der Waals surface area contributed by atoms with Gasteiger partial charge in [0, 0.05) is 69.1 Å². The van der Waals surface area contributed by atoms with Crippen LogP contribution in [0, 0.1) is 0 Å². The van der Waals surface area contributed by atoms with E-state index < -0.39 is 0 Å². The zero-order chi connectivity index (χ0) is 26.5. The van der Waals surface area contributed by atoms with Crippen LogP contribution in [0.25, 0.3) is 0 Å². The second-order valence-corrected chi connectivity index (χ2v) is 10.6. The number of thiol groups is 2. The van der Waals surface area contributed by atoms with Gasteiger partial charge in [-0.3, -0.25) is 19.2 Å². The molecule has 0 aliphatic rings. The van der Waals surface area contributed by atoms with Gasteiger partial charge >= 0.3 is 0 Å². The highest BCUT2D eigenvalue weighted by Gasteiger charge is 2.03. The van der Waals surface area contributed by atoms with E-state index in [0.29, 0.717) is 57.6 Å². The van der Waals surface area contributed by atoms with Crippen molar-refractivity contribution < 1.29 is 19.2 Å². The van der Waals surface area contributed by atoms with Gasteiger partial charge in [-0.05, 0) is 18.6 Å². The van der Waals surface area contributed by atoms with Gasteiger partial charge in [-0.1, -0.05) is 49.3 Å². The van der Waals surface area contributed by atoms with Gasteiger partial charge in [0.25, 0.3) is 0 Å². The van der Waals surface area contributed by atoms with Crippen LogP contribution in [0.15, 0.2) is 0 Å². The molecule has 0 aromatic heterocycles. The molecule has 0 radical (unpaired) electrons. The summed E-state index contributed by atoms with van der Waals surface area (Å²) in [6.45, 7) is 10.1. The summed E-state index contributed by atoms with van der Waals surface area (Å²) in [5.74, 6) is 3.58. The fourth-order valence-electron chi connectivity index (χ4n) is 2.01. The average Bonchev–Trinajstić information content (AvgIpc) is 2.79. The molecule has 0 heterocycles. The van der Waals surface area contributed by atoms with Crippen LogP contribution in [0.3, 0.4) is 0 Å². The van der Waals surface area contributed by atoms with E-state index in [2.05, 4.69) is 53.4 Å². The Morgan fingerprint density at radius 1 is 0.588 bits per heavy atom. The van der Waals surface area contributed by atoms with Crippen molar-refractivity contribution in [3.8, 4) is 0 Å². The quantitative estimate of drug-likeness (QED) is 0.0929. The topological polar surface area (TPSA) is 116 Å². The molecule has 0 rings (SSSR count). The fourth-order valence-corrected chi connectivity index (χ4v) is 3.69. The van der Waals surface area contributed by atoms with Crippen LogP contribution in [-0.4, -0.2) is 72.8 Å². The molecule has 0 aliphatic heterocycles. The molecule has 0 aromatic carbocycles. The third-order valence-electron chi connectivity index (χ3n) is 3.45. The standard InChI is InChI=1S/C11H22N2O2S2.C9H18N2O2S.C2H6S/c1-3-5-10(14)12-7-6-11(15)13-8-9-17-16-4-2;1-2-3-8(12)10-5-4-9(13)11-6-7-14;1-2-3/h3-9H2,1-2H3,(H,12,14)(H,13,15);14H,2-7H2,1H3,(H,10,12)(H,11,13);3H,2H2,1H3. The summed E-state index contributed by atoms with van der Waals surface area (Å²) < 4.78 is 0. The second kappa shape index (κ2) is 32.3. The maximum absolute atomic E-state index is 11.3. The Kier molecular flexibility index (Phi) is 35.9. The van der Waals surface area contributed by atoms with E-state index in [1.54, 1.807) is 21.6 Å². The maximum Gasteiger partial charge on any atom is 0.221 e. The van der Waals surface area contributed by atoms with E-state index in [1.165, 1.54) is 0 Å². The van der Waals surface area contributed by atoms with Gasteiger partial charge in [-0.15, -0.1) is 0 Å². The van der Waals surface area contributed by atoms with Crippen molar-refractivity contribution in [2.45, 2.75) is 66.2 Å². The predicted molar refractivity (Wildman–Crippen MR) is 155 cm³/mol. The van der Waals surface area contributed by atoms with Crippen LogP contribution in [0.1, 0.15) is 66.2 Å². The molecule has 8 nitrogen and oxygen atoms in total. The van der Waals surface area contributed by atoms with Gasteiger partial charge in [0.15, 0.2) is 0 Å². The lowest BCUT2D eigenvalue weighted by Gasteiger charge is -2.05. The molecular formula is C22H46N4O4S4. The molecule has 4 amide bonds. The summed E-state index contributed by atoms with van der Waals surface area (Å²) in [6.07, 6.45) is 3.43. The zero-order valence-electron chi connectivity index (χ0n) is 21.2. The highest BCUT2D eigenvalue weighted by atomic mass is 33.1. The number of amides is 4. The van der Waals surface area contributed by atoms with Crippen molar-refractivity contribution in [2.24, 2.45) is 0 Å². The molecule has 0 saturated carbocycles. The van der Waals surface area contributed by atoms with Gasteiger partial charge in [0.1, 0.15) is 0 Å². The highest BCUT2D eigenvalue weighted by Crippen LogP contribution is 2.18. The van der Waals surface area contributed by atoms with Crippen molar-refractivity contribution in [3.63, 3.8) is 0 Å². The summed E-state index contributed by atoms with van der Waals surface area (Å²) in [4.78, 5) is 44.5. The first kappa shape index (κ1) is 37.8. The molecule has 0 unspecified atom stereocenters. The molecule has 0 spiro atoms. The van der Waals surface area contributed by atoms with Gasteiger partial charge < -0.3 is 21.3 Å². The number of nitrogens with one attached hydrogen (secondary N) is 4. The number of carbonyl (C=O) groups excluding carboxylic acids is 4. The number of rotatable bonds is 17. The van der Waals surface area contributed by atoms with Crippen molar-refractivity contribution in [2.75, 3.05) is 49.2 Å². The van der Waals surface area contributed by atoms with Crippen molar-refractivity contribution in [1.82, 2.24) is 21.3 Å². The highest BCUT2D eigenvalue weighted by molar-refractivity contribution is 8.76. The lowest BCUT2D eigenvalue weighted by Crippen LogP contribution is -2.31. The van der Waals surface area contributed by atoms with E-state index in [4.69, 9.17) is 0 Å². The van der Waals surface area contributed by atoms with E-state index in [-0.39, 0.29) is 23.6 Å². The normalized spacial score (nSPS) is 9.47. The minimum Gasteiger partial charge on any atom is -0.356 e. The van der Waals surface area contributed by atoms with Crippen LogP contribution in [0.5, 0.6) is 0 Å². The molecule has 202 valence electrons. The fraction of sp³-hybridized carbons (Fsp3) is 0.818. The summed E-state index contributed by atoms with van der Waals surface area (Å²) in [5, 5.41) is 10.9. The van der Waals surface area contributed by atoms with Crippen LogP contribution in [-0.2, 0) is 19.2 Å². The molecular weight excluding hydrogens is 513 g/mol. The first-order valence-corrected chi connectivity index (χ1v) is 15.6. The minimum absolute atomic E-state index is 0.00361. The van der Waals surface area contributed by atoms with Crippen molar-refractivity contribution >= 4 is 70.5 Å². The number of hydrogen-bond donors (Lipinski definition) is 6. The predicted octanol–water partition coefficient (Wildman–Crippen LogP) is 3.09. The maximum atomic E-state index is 11.3. The Hall–Kier alpha value is -0.720. The van der Waals surface area contributed by atoms with Gasteiger partial charge in [-0.25, -0.2) is 0 Å². The smallest absolute Gasteiger partial charge is 0.221 e. The number of hydrogen-bond acceptors (Lipinski definition) is 8. The molecule has 34 heavy (non-hydrogen) atoms. The Balaban J connectivity index is -0.000000513. The molecule has 4 N–H and O–H groups in total. The lowest BCUT2D eigenvalue weighted by atomic mass is 10.3. The summed E-state index contributed by atoms with van der Waals surface area (Å²) >= 11 is 7.75. The van der Waals surface area contributed by atoms with Crippen LogP contribution in [0.2, 0.25) is 0 Å². The Bertz CT molecular complexity index is 515. The summed E-state index contributed by atoms with van der Waals surface area (Å²) in [7, 11) is 3.56. The SMILES string of the molecule is CCCC(=O)NCCC(=O)NCCS.CCCC(=O)NCCC(=O)NCCSSCC.CCS. The Labute approximate surface area is 225 Å². The number of carbonyl (C=O) groups is 4. The molecule has 0 aromatic rings. The van der Waals surface area contributed by atoms with Crippen molar-refractivity contribution in [3.05, 3.63) is 0 Å². The third kappa shape index (κ3) is 35.9. The monoisotopic (exact) mass is 558 g/mol. The first-order valence-electron chi connectivity index (χ1n) is 11.8. The summed E-state index contributed by atoms with van der Waals surface area (Å²) in [6, 6.07) is 0. The van der Waals surface area contributed by atoms with Crippen molar-refractivity contribution in [1.29, 1.82) is 0 Å². The van der Waals surface area contributed by atoms with Gasteiger partial charge in [0.05, 0.1) is 0 Å². The molecule has 0 atom stereocenters. The second-order valence-electron chi connectivity index (χ2n) is 6.67. The van der Waals surface area contributed by atoms with Gasteiger partial charge in [0.2, 0.25) is 23.6 Å². The van der Waals surface area contributed by atoms with E-state index in [9.17, 15) is 19.2 Å². The largest absolute Gasteiger partial charge is 0.356 e. The molecule has 0 saturated heterocycles. The van der Waals surface area contributed by atoms with Crippen LogP contribution >= 0.6 is 46.8 Å². The first-order chi connectivity index (χ1) is 16.3. The van der Waals surface area contributed by atoms with Crippen LogP contribution in [0.4, 0.5) is 0 Å². The Morgan fingerprint density at radius 2 is 0.971 bits per heavy atom. The zero-order valence-corrected chi connectivity index (χ0v) is 24.7. The molecule has 12 heteroatoms. The lowest BCUT2D eigenvalue weighted by molar-refractivity contribution is -0.124. The van der Waals surface area contributed by atoms with Crippen LogP contribution < -0.4 is 21.3 Å². The van der Waals surface area contributed by atoms with E-state index >= 15 is 0 Å². The average molecular weight is 559 g/mol. The molecule has 0 aliphatic carbocycles. The van der Waals surface area contributed by atoms with E-state index in [1.807, 2.05) is 20.8 Å². The summed E-state index contributed by atoms with van der Waals surface area (Å²) in [5.41, 5.74) is 0. The molecule has 0 bridgehead atoms. The van der Waals surface area contributed by atoms with Gasteiger partial charge in [-0.2, -0.15) is 25.3 Å². The Morgan fingerprint density at radius 3 is 1.35 bits per heavy atom. The molecule has 0 fully saturated rings.